The van der Waals surface area contributed by atoms with E-state index >= 15 is 0 Å². The van der Waals surface area contributed by atoms with Crippen LogP contribution in [0.5, 0.6) is 0 Å². The van der Waals surface area contributed by atoms with Gasteiger partial charge in [0.05, 0.1) is 11.4 Å². The highest BCUT2D eigenvalue weighted by Gasteiger charge is 2.14. The van der Waals surface area contributed by atoms with Crippen molar-refractivity contribution in [2.24, 2.45) is 5.73 Å². The molecular formula is C15H14N4S. The summed E-state index contributed by atoms with van der Waals surface area (Å²) in [6.07, 6.45) is 6.16. The van der Waals surface area contributed by atoms with E-state index in [0.29, 0.717) is 6.54 Å². The lowest BCUT2D eigenvalue weighted by Gasteiger charge is -1.99. The molecule has 3 rings (SSSR count). The molecule has 0 atom stereocenters. The Morgan fingerprint density at radius 3 is 2.60 bits per heavy atom. The van der Waals surface area contributed by atoms with Gasteiger partial charge < -0.3 is 5.73 Å². The van der Waals surface area contributed by atoms with Crippen LogP contribution in [0.3, 0.4) is 0 Å². The van der Waals surface area contributed by atoms with Gasteiger partial charge in [-0.3, -0.25) is 9.97 Å². The topological polar surface area (TPSA) is 64.7 Å². The Morgan fingerprint density at radius 1 is 1.05 bits per heavy atom. The maximum atomic E-state index is 5.71. The normalized spacial score (nSPS) is 10.7. The first-order chi connectivity index (χ1) is 9.88. The smallest absolute Gasteiger partial charge is 0.142 e. The van der Waals surface area contributed by atoms with Gasteiger partial charge in [0.2, 0.25) is 0 Å². The summed E-state index contributed by atoms with van der Waals surface area (Å²) in [5.74, 6) is 0. The van der Waals surface area contributed by atoms with Crippen molar-refractivity contribution in [1.29, 1.82) is 0 Å². The molecule has 4 nitrogen and oxygen atoms in total. The van der Waals surface area contributed by atoms with Crippen LogP contribution >= 0.6 is 11.3 Å². The molecule has 100 valence electrons. The summed E-state index contributed by atoms with van der Waals surface area (Å²) in [7, 11) is 0. The lowest BCUT2D eigenvalue weighted by Crippen LogP contribution is -2.02. The molecule has 3 aromatic rings. The summed E-state index contributed by atoms with van der Waals surface area (Å²) in [5.41, 5.74) is 8.67. The van der Waals surface area contributed by atoms with Crippen LogP contribution in [0.2, 0.25) is 0 Å². The zero-order valence-corrected chi connectivity index (χ0v) is 11.7. The molecule has 0 bridgehead atoms. The second-order valence-electron chi connectivity index (χ2n) is 4.28. The fraction of sp³-hybridized carbons (Fsp3) is 0.133. The van der Waals surface area contributed by atoms with Crippen LogP contribution in [0.4, 0.5) is 0 Å². The molecule has 0 unspecified atom stereocenters. The van der Waals surface area contributed by atoms with Crippen LogP contribution in [0, 0.1) is 0 Å². The summed E-state index contributed by atoms with van der Waals surface area (Å²) in [5, 5.41) is 0.931. The van der Waals surface area contributed by atoms with E-state index in [9.17, 15) is 0 Å². The standard InChI is InChI=1S/C15H14N4S/c16-7-4-13-14(11-5-9-17-10-6-11)19-15(20-13)12-3-1-2-8-18-12/h1-3,5-6,8-10H,4,7,16H2. The second kappa shape index (κ2) is 5.90. The Labute approximate surface area is 121 Å². The van der Waals surface area contributed by atoms with Crippen molar-refractivity contribution >= 4 is 11.3 Å². The first kappa shape index (κ1) is 12.9. The maximum Gasteiger partial charge on any atom is 0.142 e. The zero-order valence-electron chi connectivity index (χ0n) is 10.9. The van der Waals surface area contributed by atoms with Crippen molar-refractivity contribution in [1.82, 2.24) is 15.0 Å². The van der Waals surface area contributed by atoms with Crippen molar-refractivity contribution < 1.29 is 0 Å². The quantitative estimate of drug-likeness (QED) is 0.799. The molecule has 3 aromatic heterocycles. The molecule has 0 aliphatic rings. The third kappa shape index (κ3) is 2.59. The number of rotatable bonds is 4. The number of nitrogens with zero attached hydrogens (tertiary/aromatic N) is 3. The van der Waals surface area contributed by atoms with Crippen LogP contribution in [0.1, 0.15) is 4.88 Å². The summed E-state index contributed by atoms with van der Waals surface area (Å²) in [6.45, 7) is 0.613. The monoisotopic (exact) mass is 282 g/mol. The van der Waals surface area contributed by atoms with Gasteiger partial charge in [0.15, 0.2) is 0 Å². The van der Waals surface area contributed by atoms with Crippen molar-refractivity contribution in [3.63, 3.8) is 0 Å². The fourth-order valence-corrected chi connectivity index (χ4v) is 3.06. The minimum atomic E-state index is 0.613. The maximum absolute atomic E-state index is 5.71. The van der Waals surface area contributed by atoms with Crippen molar-refractivity contribution in [3.05, 3.63) is 53.8 Å². The number of aromatic nitrogens is 3. The van der Waals surface area contributed by atoms with Crippen LogP contribution in [-0.2, 0) is 6.42 Å². The van der Waals surface area contributed by atoms with E-state index in [1.54, 1.807) is 29.9 Å². The van der Waals surface area contributed by atoms with Gasteiger partial charge in [-0.1, -0.05) is 6.07 Å². The van der Waals surface area contributed by atoms with Gasteiger partial charge in [0.25, 0.3) is 0 Å². The minimum Gasteiger partial charge on any atom is -0.330 e. The summed E-state index contributed by atoms with van der Waals surface area (Å²) >= 11 is 1.66. The molecular weight excluding hydrogens is 268 g/mol. The molecule has 0 aliphatic heterocycles. The van der Waals surface area contributed by atoms with Gasteiger partial charge in [-0.25, -0.2) is 4.98 Å². The predicted octanol–water partition coefficient (Wildman–Crippen LogP) is 2.77. The molecule has 0 aliphatic carbocycles. The van der Waals surface area contributed by atoms with E-state index in [1.807, 2.05) is 30.3 Å². The number of thiazole rings is 1. The van der Waals surface area contributed by atoms with Crippen molar-refractivity contribution in [2.45, 2.75) is 6.42 Å². The van der Waals surface area contributed by atoms with Crippen LogP contribution in [-0.4, -0.2) is 21.5 Å². The Bertz CT molecular complexity index is 680. The molecule has 2 N–H and O–H groups in total. The fourth-order valence-electron chi connectivity index (χ4n) is 1.99. The van der Waals surface area contributed by atoms with Crippen LogP contribution in [0.25, 0.3) is 22.0 Å². The molecule has 20 heavy (non-hydrogen) atoms. The van der Waals surface area contributed by atoms with Gasteiger partial charge >= 0.3 is 0 Å². The van der Waals surface area contributed by atoms with Crippen molar-refractivity contribution in [3.8, 4) is 22.0 Å². The van der Waals surface area contributed by atoms with Crippen LogP contribution in [0.15, 0.2) is 48.9 Å². The van der Waals surface area contributed by atoms with Gasteiger partial charge in [-0.05, 0) is 37.2 Å². The second-order valence-corrected chi connectivity index (χ2v) is 5.36. The van der Waals surface area contributed by atoms with E-state index < -0.39 is 0 Å². The Morgan fingerprint density at radius 2 is 1.90 bits per heavy atom. The van der Waals surface area contributed by atoms with E-state index in [-0.39, 0.29) is 0 Å². The van der Waals surface area contributed by atoms with Crippen molar-refractivity contribution in [2.75, 3.05) is 6.54 Å². The summed E-state index contributed by atoms with van der Waals surface area (Å²) in [4.78, 5) is 14.3. The molecule has 0 amide bonds. The average Bonchev–Trinajstić information content (AvgIpc) is 2.94. The molecule has 5 heteroatoms. The average molecular weight is 282 g/mol. The lowest BCUT2D eigenvalue weighted by atomic mass is 10.1. The highest BCUT2D eigenvalue weighted by molar-refractivity contribution is 7.15. The molecule has 0 aromatic carbocycles. The number of hydrogen-bond acceptors (Lipinski definition) is 5. The minimum absolute atomic E-state index is 0.613. The van der Waals surface area contributed by atoms with Gasteiger partial charge in [-0.2, -0.15) is 0 Å². The summed E-state index contributed by atoms with van der Waals surface area (Å²) in [6, 6.07) is 9.79. The summed E-state index contributed by atoms with van der Waals surface area (Å²) < 4.78 is 0. The van der Waals surface area contributed by atoms with E-state index in [4.69, 9.17) is 10.7 Å². The molecule has 0 saturated heterocycles. The third-order valence-electron chi connectivity index (χ3n) is 2.91. The zero-order chi connectivity index (χ0) is 13.8. The number of hydrogen-bond donors (Lipinski definition) is 1. The molecule has 0 fully saturated rings. The first-order valence-electron chi connectivity index (χ1n) is 6.40. The van der Waals surface area contributed by atoms with Gasteiger partial charge in [0, 0.05) is 29.0 Å². The van der Waals surface area contributed by atoms with E-state index in [1.165, 1.54) is 4.88 Å². The number of pyridine rings is 2. The Balaban J connectivity index is 2.08. The molecule has 0 radical (unpaired) electrons. The Hall–Kier alpha value is -2.11. The first-order valence-corrected chi connectivity index (χ1v) is 7.21. The van der Waals surface area contributed by atoms with Gasteiger partial charge in [0.1, 0.15) is 5.01 Å². The van der Waals surface area contributed by atoms with Crippen LogP contribution < -0.4 is 5.73 Å². The molecule has 3 heterocycles. The van der Waals surface area contributed by atoms with E-state index in [2.05, 4.69) is 9.97 Å². The largest absolute Gasteiger partial charge is 0.330 e. The third-order valence-corrected chi connectivity index (χ3v) is 4.04. The SMILES string of the molecule is NCCc1sc(-c2ccccn2)nc1-c1ccncc1. The molecule has 0 saturated carbocycles. The van der Waals surface area contributed by atoms with E-state index in [0.717, 1.165) is 28.4 Å². The molecule has 0 spiro atoms. The number of nitrogens with two attached hydrogens (primary N) is 1. The Kier molecular flexibility index (Phi) is 3.80. The highest BCUT2D eigenvalue weighted by atomic mass is 32.1. The highest BCUT2D eigenvalue weighted by Crippen LogP contribution is 2.32. The van der Waals surface area contributed by atoms with Gasteiger partial charge in [-0.15, -0.1) is 11.3 Å². The lowest BCUT2D eigenvalue weighted by molar-refractivity contribution is 0.986. The predicted molar refractivity (Wildman–Crippen MR) is 81.3 cm³/mol.